The Balaban J connectivity index is 1.66. The molecule has 1 amide bonds. The highest BCUT2D eigenvalue weighted by molar-refractivity contribution is 5.92. The zero-order valence-electron chi connectivity index (χ0n) is 18.8. The first-order chi connectivity index (χ1) is 14.9. The minimum Gasteiger partial charge on any atom is -0.493 e. The number of nitrogens with one attached hydrogen (secondary N) is 1. The van der Waals surface area contributed by atoms with Crippen molar-refractivity contribution in [1.29, 1.82) is 0 Å². The van der Waals surface area contributed by atoms with Gasteiger partial charge in [-0.05, 0) is 45.1 Å². The molecule has 0 atom stereocenters. The lowest BCUT2D eigenvalue weighted by atomic mass is 10.2. The molecule has 3 aromatic rings. The molecule has 9 heteroatoms. The maximum atomic E-state index is 12.6. The van der Waals surface area contributed by atoms with Gasteiger partial charge in [0.2, 0.25) is 5.91 Å². The fourth-order valence-electron chi connectivity index (χ4n) is 3.32. The topological polar surface area (TPSA) is 93.9 Å². The molecule has 0 fully saturated rings. The number of ether oxygens (including phenoxy) is 2. The van der Waals surface area contributed by atoms with E-state index in [1.54, 1.807) is 29.8 Å². The molecule has 0 aliphatic heterocycles. The molecule has 0 radical (unpaired) electrons. The number of anilines is 1. The summed E-state index contributed by atoms with van der Waals surface area (Å²) in [4.78, 5) is 23.6. The van der Waals surface area contributed by atoms with Crippen LogP contribution >= 0.6 is 0 Å². The average molecular weight is 427 g/mol. The number of rotatable bonds is 10. The minimum atomic E-state index is -0.218. The number of carbonyl (C=O) groups excluding carboxylic acids is 1. The van der Waals surface area contributed by atoms with Gasteiger partial charge in [0.05, 0.1) is 13.5 Å². The Morgan fingerprint density at radius 2 is 1.90 bits per heavy atom. The van der Waals surface area contributed by atoms with E-state index in [0.29, 0.717) is 35.4 Å². The lowest BCUT2D eigenvalue weighted by molar-refractivity contribution is -0.115. The van der Waals surface area contributed by atoms with Crippen LogP contribution < -0.4 is 14.8 Å². The van der Waals surface area contributed by atoms with E-state index in [4.69, 9.17) is 9.47 Å². The Bertz CT molecular complexity index is 1050. The highest BCUT2D eigenvalue weighted by atomic mass is 16.5. The predicted molar refractivity (Wildman–Crippen MR) is 119 cm³/mol. The SMILES string of the molecule is CCN(CC)CCOc1cc(NC(=O)Cc2nc3nc(C)cc(C)n3n2)ccc1OC. The van der Waals surface area contributed by atoms with Crippen LogP contribution in [0.3, 0.4) is 0 Å². The van der Waals surface area contributed by atoms with Crippen LogP contribution in [-0.2, 0) is 11.2 Å². The Hall–Kier alpha value is -3.20. The first kappa shape index (κ1) is 22.5. The molecular formula is C22H30N6O3. The minimum absolute atomic E-state index is 0.0476. The largest absolute Gasteiger partial charge is 0.493 e. The van der Waals surface area contributed by atoms with Crippen molar-refractivity contribution in [3.63, 3.8) is 0 Å². The van der Waals surface area contributed by atoms with Gasteiger partial charge in [0.1, 0.15) is 6.61 Å². The Morgan fingerprint density at radius 3 is 2.61 bits per heavy atom. The number of amides is 1. The van der Waals surface area contributed by atoms with Crippen molar-refractivity contribution in [2.24, 2.45) is 0 Å². The molecular weight excluding hydrogens is 396 g/mol. The van der Waals surface area contributed by atoms with E-state index in [9.17, 15) is 4.79 Å². The summed E-state index contributed by atoms with van der Waals surface area (Å²) in [6.07, 6.45) is 0.0476. The van der Waals surface area contributed by atoms with Gasteiger partial charge in [0, 0.05) is 29.7 Å². The van der Waals surface area contributed by atoms with Crippen molar-refractivity contribution < 1.29 is 14.3 Å². The lowest BCUT2D eigenvalue weighted by Gasteiger charge is -2.19. The number of aromatic nitrogens is 4. The van der Waals surface area contributed by atoms with Crippen molar-refractivity contribution in [2.45, 2.75) is 34.1 Å². The van der Waals surface area contributed by atoms with Crippen LogP contribution in [0.5, 0.6) is 11.5 Å². The Kier molecular flexibility index (Phi) is 7.41. The zero-order valence-corrected chi connectivity index (χ0v) is 18.8. The summed E-state index contributed by atoms with van der Waals surface area (Å²) in [5, 5.41) is 7.27. The van der Waals surface area contributed by atoms with Crippen LogP contribution in [0.1, 0.15) is 31.1 Å². The van der Waals surface area contributed by atoms with Crippen molar-refractivity contribution in [3.05, 3.63) is 41.5 Å². The fourth-order valence-corrected chi connectivity index (χ4v) is 3.32. The van der Waals surface area contributed by atoms with E-state index in [-0.39, 0.29) is 12.3 Å². The highest BCUT2D eigenvalue weighted by Crippen LogP contribution is 2.30. The normalized spacial score (nSPS) is 11.2. The van der Waals surface area contributed by atoms with Gasteiger partial charge in [-0.25, -0.2) is 9.50 Å². The lowest BCUT2D eigenvalue weighted by Crippen LogP contribution is -2.28. The Labute approximate surface area is 182 Å². The van der Waals surface area contributed by atoms with Crippen molar-refractivity contribution >= 4 is 17.4 Å². The van der Waals surface area contributed by atoms with E-state index >= 15 is 0 Å². The second kappa shape index (κ2) is 10.2. The van der Waals surface area contributed by atoms with E-state index in [1.165, 1.54) is 0 Å². The summed E-state index contributed by atoms with van der Waals surface area (Å²) < 4.78 is 12.9. The average Bonchev–Trinajstić information content (AvgIpc) is 3.13. The standard InChI is InChI=1S/C22H30N6O3/c1-6-27(7-2)10-11-31-19-13-17(8-9-18(19)30-5)24-21(29)14-20-25-22-23-15(3)12-16(4)28(22)26-20/h8-9,12-13H,6-7,10-11,14H2,1-5H3,(H,24,29). The number of fused-ring (bicyclic) bond motifs is 1. The Morgan fingerprint density at radius 1 is 1.13 bits per heavy atom. The van der Waals surface area contributed by atoms with Gasteiger partial charge in [-0.2, -0.15) is 4.98 Å². The molecule has 1 N–H and O–H groups in total. The quantitative estimate of drug-likeness (QED) is 0.533. The van der Waals surface area contributed by atoms with Gasteiger partial charge in [-0.3, -0.25) is 4.79 Å². The molecule has 0 saturated carbocycles. The van der Waals surface area contributed by atoms with E-state index in [0.717, 1.165) is 31.0 Å². The van der Waals surface area contributed by atoms with Crippen LogP contribution in [0.2, 0.25) is 0 Å². The maximum absolute atomic E-state index is 12.6. The number of likely N-dealkylation sites (N-methyl/N-ethyl adjacent to an activating group) is 1. The van der Waals surface area contributed by atoms with E-state index in [1.807, 2.05) is 19.9 Å². The molecule has 1 aromatic carbocycles. The third-order valence-electron chi connectivity index (χ3n) is 4.99. The molecule has 0 aliphatic carbocycles. The molecule has 0 unspecified atom stereocenters. The molecule has 2 aromatic heterocycles. The number of nitrogens with zero attached hydrogens (tertiary/aromatic N) is 5. The summed E-state index contributed by atoms with van der Waals surface area (Å²) in [5.41, 5.74) is 2.40. The summed E-state index contributed by atoms with van der Waals surface area (Å²) in [5.74, 6) is 1.91. The first-order valence-electron chi connectivity index (χ1n) is 10.5. The molecule has 9 nitrogen and oxygen atoms in total. The smallest absolute Gasteiger partial charge is 0.252 e. The summed E-state index contributed by atoms with van der Waals surface area (Å²) in [6.45, 7) is 11.4. The van der Waals surface area contributed by atoms with Crippen LogP contribution in [0.15, 0.2) is 24.3 Å². The number of hydrogen-bond donors (Lipinski definition) is 1. The molecule has 0 aliphatic rings. The molecule has 166 valence electrons. The van der Waals surface area contributed by atoms with Crippen LogP contribution in [0.4, 0.5) is 5.69 Å². The second-order valence-electron chi connectivity index (χ2n) is 7.24. The fraction of sp³-hybridized carbons (Fsp3) is 0.455. The third kappa shape index (κ3) is 5.69. The summed E-state index contributed by atoms with van der Waals surface area (Å²) in [6, 6.07) is 7.25. The van der Waals surface area contributed by atoms with Crippen molar-refractivity contribution in [2.75, 3.05) is 38.7 Å². The number of carbonyl (C=O) groups is 1. The molecule has 0 bridgehead atoms. The second-order valence-corrected chi connectivity index (χ2v) is 7.24. The highest BCUT2D eigenvalue weighted by Gasteiger charge is 2.13. The number of hydrogen-bond acceptors (Lipinski definition) is 7. The number of benzene rings is 1. The number of aryl methyl sites for hydroxylation is 2. The monoisotopic (exact) mass is 426 g/mol. The van der Waals surface area contributed by atoms with Gasteiger partial charge in [-0.15, -0.1) is 5.10 Å². The summed E-state index contributed by atoms with van der Waals surface area (Å²) >= 11 is 0. The predicted octanol–water partition coefficient (Wildman–Crippen LogP) is 2.65. The van der Waals surface area contributed by atoms with Crippen molar-refractivity contribution in [1.82, 2.24) is 24.5 Å². The molecule has 0 spiro atoms. The van der Waals surface area contributed by atoms with Gasteiger partial charge < -0.3 is 19.7 Å². The molecule has 31 heavy (non-hydrogen) atoms. The van der Waals surface area contributed by atoms with Crippen LogP contribution in [0, 0.1) is 13.8 Å². The van der Waals surface area contributed by atoms with Crippen LogP contribution in [-0.4, -0.2) is 63.7 Å². The van der Waals surface area contributed by atoms with Gasteiger partial charge in [-0.1, -0.05) is 13.8 Å². The van der Waals surface area contributed by atoms with E-state index < -0.39 is 0 Å². The molecule has 3 rings (SSSR count). The summed E-state index contributed by atoms with van der Waals surface area (Å²) in [7, 11) is 1.59. The van der Waals surface area contributed by atoms with E-state index in [2.05, 4.69) is 39.1 Å². The zero-order chi connectivity index (χ0) is 22.4. The van der Waals surface area contributed by atoms with Gasteiger partial charge in [0.15, 0.2) is 17.3 Å². The van der Waals surface area contributed by atoms with Gasteiger partial charge >= 0.3 is 0 Å². The first-order valence-corrected chi connectivity index (χ1v) is 10.5. The van der Waals surface area contributed by atoms with Gasteiger partial charge in [0.25, 0.3) is 5.78 Å². The van der Waals surface area contributed by atoms with Crippen molar-refractivity contribution in [3.8, 4) is 11.5 Å². The molecule has 2 heterocycles. The maximum Gasteiger partial charge on any atom is 0.252 e. The third-order valence-corrected chi connectivity index (χ3v) is 4.99. The number of methoxy groups -OCH3 is 1. The molecule has 0 saturated heterocycles. The van der Waals surface area contributed by atoms with Crippen LogP contribution in [0.25, 0.3) is 5.78 Å².